The molecule has 4 heteroatoms. The third kappa shape index (κ3) is 3.81. The van der Waals surface area contributed by atoms with E-state index in [1.54, 1.807) is 0 Å². The normalized spacial score (nSPS) is 15.0. The Kier molecular flexibility index (Phi) is 4.79. The van der Waals surface area contributed by atoms with Crippen molar-refractivity contribution in [1.29, 1.82) is 0 Å². The number of aromatic nitrogens is 1. The van der Waals surface area contributed by atoms with Crippen LogP contribution in [0.3, 0.4) is 0 Å². The van der Waals surface area contributed by atoms with E-state index in [1.165, 1.54) is 25.7 Å². The van der Waals surface area contributed by atoms with E-state index in [-0.39, 0.29) is 12.3 Å². The maximum Gasteiger partial charge on any atom is 0.226 e. The highest BCUT2D eigenvalue weighted by Crippen LogP contribution is 2.25. The van der Waals surface area contributed by atoms with Crippen LogP contribution in [0.4, 0.5) is 0 Å². The first-order valence-electron chi connectivity index (χ1n) is 8.42. The molecule has 0 unspecified atom stereocenters. The average molecular weight is 312 g/mol. The summed E-state index contributed by atoms with van der Waals surface area (Å²) in [7, 11) is 0. The van der Waals surface area contributed by atoms with Crippen molar-refractivity contribution in [1.82, 2.24) is 10.3 Å². The fraction of sp³-hybridized carbons (Fsp3) is 0.474. The van der Waals surface area contributed by atoms with Gasteiger partial charge in [-0.15, -0.1) is 0 Å². The molecule has 1 N–H and O–H groups in total. The summed E-state index contributed by atoms with van der Waals surface area (Å²) >= 11 is 0. The van der Waals surface area contributed by atoms with E-state index in [0.717, 1.165) is 29.1 Å². The molecule has 4 nitrogen and oxygen atoms in total. The van der Waals surface area contributed by atoms with Gasteiger partial charge >= 0.3 is 0 Å². The van der Waals surface area contributed by atoms with Gasteiger partial charge in [0.2, 0.25) is 11.8 Å². The Labute approximate surface area is 137 Å². The molecule has 2 aromatic rings. The van der Waals surface area contributed by atoms with Crippen molar-refractivity contribution in [3.63, 3.8) is 0 Å². The third-order valence-corrected chi connectivity index (χ3v) is 4.66. The van der Waals surface area contributed by atoms with Crippen molar-refractivity contribution >= 4 is 5.91 Å². The Morgan fingerprint density at radius 1 is 1.26 bits per heavy atom. The van der Waals surface area contributed by atoms with Gasteiger partial charge in [0, 0.05) is 12.1 Å². The largest absolute Gasteiger partial charge is 0.441 e. The van der Waals surface area contributed by atoms with Gasteiger partial charge in [0.25, 0.3) is 0 Å². The first-order chi connectivity index (χ1) is 11.1. The van der Waals surface area contributed by atoms with Crippen molar-refractivity contribution in [2.75, 3.05) is 6.54 Å². The number of benzene rings is 1. The Morgan fingerprint density at radius 2 is 2.00 bits per heavy atom. The summed E-state index contributed by atoms with van der Waals surface area (Å²) in [4.78, 5) is 16.7. The Balaban J connectivity index is 1.64. The summed E-state index contributed by atoms with van der Waals surface area (Å²) in [5, 5.41) is 3.04. The molecule has 0 atom stereocenters. The van der Waals surface area contributed by atoms with E-state index in [9.17, 15) is 4.79 Å². The molecule has 1 aliphatic rings. The van der Waals surface area contributed by atoms with Crippen LogP contribution in [0, 0.1) is 19.8 Å². The minimum atomic E-state index is 0.0321. The highest BCUT2D eigenvalue weighted by Gasteiger charge is 2.18. The molecule has 1 aromatic carbocycles. The van der Waals surface area contributed by atoms with Gasteiger partial charge in [-0.1, -0.05) is 31.0 Å². The second kappa shape index (κ2) is 6.99. The lowest BCUT2D eigenvalue weighted by molar-refractivity contribution is -0.120. The van der Waals surface area contributed by atoms with E-state index in [4.69, 9.17) is 4.42 Å². The van der Waals surface area contributed by atoms with Gasteiger partial charge in [-0.3, -0.25) is 4.79 Å². The van der Waals surface area contributed by atoms with E-state index in [2.05, 4.69) is 10.3 Å². The van der Waals surface area contributed by atoms with Crippen LogP contribution in [-0.2, 0) is 11.2 Å². The topological polar surface area (TPSA) is 55.1 Å². The van der Waals surface area contributed by atoms with Crippen LogP contribution in [0.1, 0.15) is 42.7 Å². The maximum atomic E-state index is 12.1. The van der Waals surface area contributed by atoms with Crippen LogP contribution >= 0.6 is 0 Å². The summed E-state index contributed by atoms with van der Waals surface area (Å²) in [5.74, 6) is 2.00. The summed E-state index contributed by atoms with van der Waals surface area (Å²) in [6, 6.07) is 7.98. The second-order valence-corrected chi connectivity index (χ2v) is 6.47. The van der Waals surface area contributed by atoms with Crippen molar-refractivity contribution in [2.24, 2.45) is 5.92 Å². The van der Waals surface area contributed by atoms with Crippen LogP contribution in [0.5, 0.6) is 0 Å². The third-order valence-electron chi connectivity index (χ3n) is 4.66. The first kappa shape index (κ1) is 15.8. The molecule has 23 heavy (non-hydrogen) atoms. The van der Waals surface area contributed by atoms with Crippen LogP contribution in [0.15, 0.2) is 28.7 Å². The number of aryl methyl sites for hydroxylation is 2. The van der Waals surface area contributed by atoms with E-state index in [0.29, 0.717) is 11.8 Å². The van der Waals surface area contributed by atoms with E-state index < -0.39 is 0 Å². The number of rotatable bonds is 5. The fourth-order valence-corrected chi connectivity index (χ4v) is 3.21. The van der Waals surface area contributed by atoms with Crippen molar-refractivity contribution < 1.29 is 9.21 Å². The zero-order chi connectivity index (χ0) is 16.2. The standard InChI is InChI=1S/C19H24N2O2/c1-13-7-3-6-10-16(13)19-21-17(14(2)23-19)11-18(22)20-12-15-8-4-5-9-15/h3,6-7,10,15H,4-5,8-9,11-12H2,1-2H3,(H,20,22). The molecule has 0 saturated heterocycles. The van der Waals surface area contributed by atoms with Gasteiger partial charge in [-0.05, 0) is 44.2 Å². The van der Waals surface area contributed by atoms with Crippen LogP contribution < -0.4 is 5.32 Å². The lowest BCUT2D eigenvalue weighted by atomic mass is 10.1. The molecular weight excluding hydrogens is 288 g/mol. The highest BCUT2D eigenvalue weighted by atomic mass is 16.4. The molecule has 1 fully saturated rings. The monoisotopic (exact) mass is 312 g/mol. The smallest absolute Gasteiger partial charge is 0.226 e. The number of nitrogens with zero attached hydrogens (tertiary/aromatic N) is 1. The van der Waals surface area contributed by atoms with Crippen LogP contribution in [0.2, 0.25) is 0 Å². The number of carbonyl (C=O) groups is 1. The van der Waals surface area contributed by atoms with Gasteiger partial charge in [0.05, 0.1) is 12.1 Å². The van der Waals surface area contributed by atoms with Crippen molar-refractivity contribution in [2.45, 2.75) is 46.0 Å². The molecular formula is C19H24N2O2. The molecule has 1 aromatic heterocycles. The summed E-state index contributed by atoms with van der Waals surface area (Å²) in [5.41, 5.74) is 2.83. The molecule has 1 saturated carbocycles. The summed E-state index contributed by atoms with van der Waals surface area (Å²) in [6.45, 7) is 4.69. The number of amides is 1. The van der Waals surface area contributed by atoms with Crippen molar-refractivity contribution in [3.05, 3.63) is 41.3 Å². The Bertz CT molecular complexity index is 684. The fourth-order valence-electron chi connectivity index (χ4n) is 3.21. The minimum absolute atomic E-state index is 0.0321. The lowest BCUT2D eigenvalue weighted by Gasteiger charge is -2.09. The van der Waals surface area contributed by atoms with Gasteiger partial charge < -0.3 is 9.73 Å². The van der Waals surface area contributed by atoms with Gasteiger partial charge in [-0.25, -0.2) is 4.98 Å². The number of hydrogen-bond acceptors (Lipinski definition) is 3. The average Bonchev–Trinajstić information content (AvgIpc) is 3.16. The Morgan fingerprint density at radius 3 is 2.74 bits per heavy atom. The molecule has 1 aliphatic carbocycles. The number of carbonyl (C=O) groups excluding carboxylic acids is 1. The number of oxazole rings is 1. The van der Waals surface area contributed by atoms with Crippen LogP contribution in [0.25, 0.3) is 11.5 Å². The summed E-state index contributed by atoms with van der Waals surface area (Å²) < 4.78 is 5.77. The molecule has 3 rings (SSSR count). The lowest BCUT2D eigenvalue weighted by Crippen LogP contribution is -2.29. The summed E-state index contributed by atoms with van der Waals surface area (Å²) in [6.07, 6.45) is 5.35. The zero-order valence-electron chi connectivity index (χ0n) is 13.9. The molecule has 0 bridgehead atoms. The minimum Gasteiger partial charge on any atom is -0.441 e. The van der Waals surface area contributed by atoms with E-state index >= 15 is 0 Å². The molecule has 0 radical (unpaired) electrons. The zero-order valence-corrected chi connectivity index (χ0v) is 13.9. The molecule has 122 valence electrons. The molecule has 1 amide bonds. The number of hydrogen-bond donors (Lipinski definition) is 1. The molecule has 0 aliphatic heterocycles. The van der Waals surface area contributed by atoms with Gasteiger partial charge in [0.1, 0.15) is 5.76 Å². The van der Waals surface area contributed by atoms with Gasteiger partial charge in [-0.2, -0.15) is 0 Å². The predicted molar refractivity (Wildman–Crippen MR) is 90.1 cm³/mol. The maximum absolute atomic E-state index is 12.1. The predicted octanol–water partition coefficient (Wildman–Crippen LogP) is 3.81. The quantitative estimate of drug-likeness (QED) is 0.913. The molecule has 1 heterocycles. The highest BCUT2D eigenvalue weighted by molar-refractivity contribution is 5.78. The SMILES string of the molecule is Cc1ccccc1-c1nc(CC(=O)NCC2CCCC2)c(C)o1. The van der Waals surface area contributed by atoms with Gasteiger partial charge in [0.15, 0.2) is 0 Å². The second-order valence-electron chi connectivity index (χ2n) is 6.47. The van der Waals surface area contributed by atoms with Crippen LogP contribution in [-0.4, -0.2) is 17.4 Å². The number of nitrogens with one attached hydrogen (secondary N) is 1. The molecule has 0 spiro atoms. The Hall–Kier alpha value is -2.10. The first-order valence-corrected chi connectivity index (χ1v) is 8.42. The van der Waals surface area contributed by atoms with Crippen molar-refractivity contribution in [3.8, 4) is 11.5 Å². The van der Waals surface area contributed by atoms with E-state index in [1.807, 2.05) is 38.1 Å².